The molecule has 114 valence electrons. The molecule has 0 aliphatic heterocycles. The van der Waals surface area contributed by atoms with E-state index in [0.717, 1.165) is 24.8 Å². The highest BCUT2D eigenvalue weighted by molar-refractivity contribution is 5.94. The Hall–Kier alpha value is -2.42. The molecule has 0 radical (unpaired) electrons. The Balaban J connectivity index is 1.85. The van der Waals surface area contributed by atoms with Crippen molar-refractivity contribution in [3.05, 3.63) is 70.8 Å². The Labute approximate surface area is 130 Å². The number of rotatable bonds is 6. The topological polar surface area (TPSA) is 43.4 Å². The Morgan fingerprint density at radius 2 is 1.27 bits per heavy atom. The van der Waals surface area contributed by atoms with E-state index in [0.29, 0.717) is 5.56 Å². The number of hydrogen-bond acceptors (Lipinski definition) is 3. The molecule has 3 nitrogen and oxygen atoms in total. The van der Waals surface area contributed by atoms with Gasteiger partial charge in [0.15, 0.2) is 5.78 Å². The lowest BCUT2D eigenvalue weighted by Crippen LogP contribution is -2.01. The first-order valence-corrected chi connectivity index (χ1v) is 7.37. The monoisotopic (exact) mass is 296 g/mol. The van der Waals surface area contributed by atoms with Crippen LogP contribution in [0, 0.1) is 0 Å². The molecule has 0 amide bonds. The summed E-state index contributed by atoms with van der Waals surface area (Å²) in [5, 5.41) is 0. The van der Waals surface area contributed by atoms with Crippen LogP contribution in [0.25, 0.3) is 0 Å². The van der Waals surface area contributed by atoms with Crippen molar-refractivity contribution in [3.63, 3.8) is 0 Å². The van der Waals surface area contributed by atoms with E-state index >= 15 is 0 Å². The van der Waals surface area contributed by atoms with Crippen LogP contribution in [0.3, 0.4) is 0 Å². The maximum atomic E-state index is 11.4. The summed E-state index contributed by atoms with van der Waals surface area (Å²) in [7, 11) is 1.38. The van der Waals surface area contributed by atoms with Gasteiger partial charge in [-0.05, 0) is 49.4 Å². The second-order valence-corrected chi connectivity index (χ2v) is 5.30. The average Bonchev–Trinajstić information content (AvgIpc) is 2.55. The zero-order valence-electron chi connectivity index (χ0n) is 13.0. The number of ketones is 1. The van der Waals surface area contributed by atoms with Crippen molar-refractivity contribution in [2.24, 2.45) is 0 Å². The third-order valence-electron chi connectivity index (χ3n) is 3.67. The highest BCUT2D eigenvalue weighted by Crippen LogP contribution is 2.12. The van der Waals surface area contributed by atoms with Crippen LogP contribution < -0.4 is 0 Å². The molecule has 0 heterocycles. The molecule has 0 unspecified atom stereocenters. The van der Waals surface area contributed by atoms with Crippen LogP contribution in [0.1, 0.15) is 45.2 Å². The lowest BCUT2D eigenvalue weighted by molar-refractivity contribution is 0.0600. The standard InChI is InChI=1S/C19H20O3/c1-14(20)17-10-6-15(7-11-17)4-3-5-16-8-12-18(13-9-16)19(21)22-2/h6-13H,3-5H2,1-2H3. The molecule has 0 saturated carbocycles. The third kappa shape index (κ3) is 4.29. The zero-order chi connectivity index (χ0) is 15.9. The molecule has 0 fully saturated rings. The maximum absolute atomic E-state index is 11.4. The fraction of sp³-hybridized carbons (Fsp3) is 0.263. The van der Waals surface area contributed by atoms with Gasteiger partial charge in [-0.25, -0.2) is 4.79 Å². The molecule has 0 aliphatic rings. The van der Waals surface area contributed by atoms with Crippen LogP contribution in [0.15, 0.2) is 48.5 Å². The van der Waals surface area contributed by atoms with E-state index in [1.165, 1.54) is 18.2 Å². The summed E-state index contributed by atoms with van der Waals surface area (Å²) in [6.07, 6.45) is 2.95. The van der Waals surface area contributed by atoms with Crippen LogP contribution >= 0.6 is 0 Å². The summed E-state index contributed by atoms with van der Waals surface area (Å²) in [6.45, 7) is 1.58. The molecule has 0 bridgehead atoms. The van der Waals surface area contributed by atoms with E-state index in [1.807, 2.05) is 36.4 Å². The maximum Gasteiger partial charge on any atom is 0.337 e. The highest BCUT2D eigenvalue weighted by Gasteiger charge is 2.04. The smallest absolute Gasteiger partial charge is 0.337 e. The second-order valence-electron chi connectivity index (χ2n) is 5.30. The molecule has 0 spiro atoms. The van der Waals surface area contributed by atoms with E-state index in [-0.39, 0.29) is 11.8 Å². The lowest BCUT2D eigenvalue weighted by Gasteiger charge is -2.05. The number of Topliss-reactive ketones (excluding diaryl/α,β-unsaturated/α-hetero) is 1. The van der Waals surface area contributed by atoms with Gasteiger partial charge in [-0.2, -0.15) is 0 Å². The Bertz CT molecular complexity index is 639. The van der Waals surface area contributed by atoms with Crippen LogP contribution in [0.2, 0.25) is 0 Å². The summed E-state index contributed by atoms with van der Waals surface area (Å²) in [4.78, 5) is 22.6. The minimum atomic E-state index is -0.308. The number of aryl methyl sites for hydroxylation is 2. The predicted octanol–water partition coefficient (Wildman–Crippen LogP) is 3.85. The van der Waals surface area contributed by atoms with Crippen LogP contribution in [-0.2, 0) is 17.6 Å². The molecule has 0 saturated heterocycles. The van der Waals surface area contributed by atoms with E-state index in [9.17, 15) is 9.59 Å². The number of carbonyl (C=O) groups excluding carboxylic acids is 2. The molecule has 0 atom stereocenters. The molecule has 2 aromatic carbocycles. The van der Waals surface area contributed by atoms with E-state index in [2.05, 4.69) is 4.74 Å². The van der Waals surface area contributed by atoms with E-state index in [1.54, 1.807) is 19.1 Å². The summed E-state index contributed by atoms with van der Waals surface area (Å²) >= 11 is 0. The SMILES string of the molecule is COC(=O)c1ccc(CCCc2ccc(C(C)=O)cc2)cc1. The minimum absolute atomic E-state index is 0.0947. The predicted molar refractivity (Wildman–Crippen MR) is 86.3 cm³/mol. The van der Waals surface area contributed by atoms with Crippen LogP contribution in [0.4, 0.5) is 0 Å². The summed E-state index contributed by atoms with van der Waals surface area (Å²) in [6, 6.07) is 15.3. The van der Waals surface area contributed by atoms with Gasteiger partial charge in [0, 0.05) is 5.56 Å². The van der Waals surface area contributed by atoms with Crippen molar-refractivity contribution in [1.82, 2.24) is 0 Å². The van der Waals surface area contributed by atoms with Crippen molar-refractivity contribution in [2.75, 3.05) is 7.11 Å². The second kappa shape index (κ2) is 7.55. The van der Waals surface area contributed by atoms with Crippen molar-refractivity contribution >= 4 is 11.8 Å². The molecule has 0 N–H and O–H groups in total. The van der Waals surface area contributed by atoms with Gasteiger partial charge in [-0.15, -0.1) is 0 Å². The van der Waals surface area contributed by atoms with Gasteiger partial charge < -0.3 is 4.74 Å². The van der Waals surface area contributed by atoms with Crippen LogP contribution in [-0.4, -0.2) is 18.9 Å². The fourth-order valence-corrected chi connectivity index (χ4v) is 2.33. The van der Waals surface area contributed by atoms with Crippen LogP contribution in [0.5, 0.6) is 0 Å². The molecule has 0 aromatic heterocycles. The number of esters is 1. The van der Waals surface area contributed by atoms with Crippen molar-refractivity contribution in [3.8, 4) is 0 Å². The number of hydrogen-bond donors (Lipinski definition) is 0. The highest BCUT2D eigenvalue weighted by atomic mass is 16.5. The Morgan fingerprint density at radius 3 is 1.68 bits per heavy atom. The number of ether oxygens (including phenoxy) is 1. The minimum Gasteiger partial charge on any atom is -0.465 e. The number of carbonyl (C=O) groups is 2. The molecule has 2 aromatic rings. The quantitative estimate of drug-likeness (QED) is 0.600. The normalized spacial score (nSPS) is 10.3. The first-order chi connectivity index (χ1) is 10.6. The Morgan fingerprint density at radius 1 is 0.818 bits per heavy atom. The summed E-state index contributed by atoms with van der Waals surface area (Å²) in [5.41, 5.74) is 3.76. The van der Waals surface area contributed by atoms with Gasteiger partial charge in [0.2, 0.25) is 0 Å². The zero-order valence-corrected chi connectivity index (χ0v) is 13.0. The van der Waals surface area contributed by atoms with Crippen molar-refractivity contribution in [1.29, 1.82) is 0 Å². The lowest BCUT2D eigenvalue weighted by atomic mass is 10.0. The summed E-state index contributed by atoms with van der Waals surface area (Å²) < 4.78 is 4.68. The molecule has 3 heteroatoms. The van der Waals surface area contributed by atoms with Gasteiger partial charge in [-0.3, -0.25) is 4.79 Å². The van der Waals surface area contributed by atoms with E-state index in [4.69, 9.17) is 0 Å². The summed E-state index contributed by atoms with van der Waals surface area (Å²) in [5.74, 6) is -0.214. The molecule has 22 heavy (non-hydrogen) atoms. The number of benzene rings is 2. The molecular weight excluding hydrogens is 276 g/mol. The third-order valence-corrected chi connectivity index (χ3v) is 3.67. The van der Waals surface area contributed by atoms with Gasteiger partial charge in [0.1, 0.15) is 0 Å². The van der Waals surface area contributed by atoms with Gasteiger partial charge in [0.25, 0.3) is 0 Å². The largest absolute Gasteiger partial charge is 0.465 e. The first kappa shape index (κ1) is 16.0. The molecule has 0 aliphatic carbocycles. The van der Waals surface area contributed by atoms with E-state index < -0.39 is 0 Å². The first-order valence-electron chi connectivity index (χ1n) is 7.37. The Kier molecular flexibility index (Phi) is 5.48. The molecular formula is C19H20O3. The fourth-order valence-electron chi connectivity index (χ4n) is 2.33. The average molecular weight is 296 g/mol. The van der Waals surface area contributed by atoms with Crippen molar-refractivity contribution in [2.45, 2.75) is 26.2 Å². The van der Waals surface area contributed by atoms with Crippen molar-refractivity contribution < 1.29 is 14.3 Å². The van der Waals surface area contributed by atoms with Gasteiger partial charge in [0.05, 0.1) is 12.7 Å². The van der Waals surface area contributed by atoms with Gasteiger partial charge in [-0.1, -0.05) is 36.4 Å². The van der Waals surface area contributed by atoms with Gasteiger partial charge >= 0.3 is 5.97 Å². The molecule has 2 rings (SSSR count). The number of methoxy groups -OCH3 is 1.